The zero-order valence-corrected chi connectivity index (χ0v) is 8.64. The molecule has 2 heterocycles. The maximum atomic E-state index is 10.7. The van der Waals surface area contributed by atoms with E-state index in [1.54, 1.807) is 6.07 Å². The molecule has 5 heteroatoms. The number of carboxylic acids is 1. The standard InChI is InChI=1S/C10H14N2O3/c1-7-6-9(10(13)14)11-12(7)8-2-4-15-5-3-8/h6,8H,2-5H2,1H3,(H,13,14). The third-order valence-electron chi connectivity index (χ3n) is 2.68. The SMILES string of the molecule is Cc1cc(C(=O)O)nn1C1CCOCC1. The van der Waals surface area contributed by atoms with Gasteiger partial charge < -0.3 is 9.84 Å². The van der Waals surface area contributed by atoms with Gasteiger partial charge in [-0.25, -0.2) is 4.79 Å². The van der Waals surface area contributed by atoms with Crippen molar-refractivity contribution >= 4 is 5.97 Å². The molecule has 1 aliphatic heterocycles. The van der Waals surface area contributed by atoms with Crippen molar-refractivity contribution in [2.24, 2.45) is 0 Å². The molecule has 0 unspecified atom stereocenters. The van der Waals surface area contributed by atoms with Gasteiger partial charge in [-0.3, -0.25) is 4.68 Å². The number of aromatic nitrogens is 2. The molecule has 2 rings (SSSR count). The van der Waals surface area contributed by atoms with E-state index in [0.717, 1.165) is 31.7 Å². The number of nitrogens with zero attached hydrogens (tertiary/aromatic N) is 2. The minimum absolute atomic E-state index is 0.124. The summed E-state index contributed by atoms with van der Waals surface area (Å²) >= 11 is 0. The minimum Gasteiger partial charge on any atom is -0.476 e. The Morgan fingerprint density at radius 2 is 2.27 bits per heavy atom. The van der Waals surface area contributed by atoms with Crippen LogP contribution in [0.3, 0.4) is 0 Å². The van der Waals surface area contributed by atoms with Crippen LogP contribution in [-0.2, 0) is 4.74 Å². The van der Waals surface area contributed by atoms with Crippen LogP contribution >= 0.6 is 0 Å². The van der Waals surface area contributed by atoms with E-state index in [1.165, 1.54) is 0 Å². The zero-order chi connectivity index (χ0) is 10.8. The lowest BCUT2D eigenvalue weighted by atomic mass is 10.1. The van der Waals surface area contributed by atoms with Gasteiger partial charge in [0.1, 0.15) is 0 Å². The molecule has 0 atom stereocenters. The number of ether oxygens (including phenoxy) is 1. The van der Waals surface area contributed by atoms with Gasteiger partial charge in [-0.05, 0) is 25.8 Å². The number of hydrogen-bond donors (Lipinski definition) is 1. The van der Waals surface area contributed by atoms with E-state index in [4.69, 9.17) is 9.84 Å². The van der Waals surface area contributed by atoms with Crippen LogP contribution in [0.5, 0.6) is 0 Å². The van der Waals surface area contributed by atoms with Crippen LogP contribution in [0.2, 0.25) is 0 Å². The summed E-state index contributed by atoms with van der Waals surface area (Å²) in [6.45, 7) is 3.34. The summed E-state index contributed by atoms with van der Waals surface area (Å²) in [5.41, 5.74) is 1.03. The fourth-order valence-corrected chi connectivity index (χ4v) is 1.89. The van der Waals surface area contributed by atoms with Crippen molar-refractivity contribution in [2.45, 2.75) is 25.8 Å². The highest BCUT2D eigenvalue weighted by Gasteiger charge is 2.20. The molecule has 82 valence electrons. The number of carbonyl (C=O) groups is 1. The zero-order valence-electron chi connectivity index (χ0n) is 8.64. The Labute approximate surface area is 87.7 Å². The minimum atomic E-state index is -0.969. The van der Waals surface area contributed by atoms with E-state index >= 15 is 0 Å². The lowest BCUT2D eigenvalue weighted by molar-refractivity contribution is 0.0641. The highest BCUT2D eigenvalue weighted by Crippen LogP contribution is 2.22. The van der Waals surface area contributed by atoms with Crippen LogP contribution in [0, 0.1) is 6.92 Å². The molecule has 0 aromatic carbocycles. The van der Waals surface area contributed by atoms with Crippen LogP contribution < -0.4 is 0 Å². The van der Waals surface area contributed by atoms with Gasteiger partial charge in [0.15, 0.2) is 5.69 Å². The summed E-state index contributed by atoms with van der Waals surface area (Å²) in [7, 11) is 0. The molecule has 1 aliphatic rings. The van der Waals surface area contributed by atoms with Crippen molar-refractivity contribution in [2.75, 3.05) is 13.2 Å². The van der Waals surface area contributed by atoms with Gasteiger partial charge >= 0.3 is 5.97 Å². The Morgan fingerprint density at radius 1 is 1.60 bits per heavy atom. The van der Waals surface area contributed by atoms with Crippen molar-refractivity contribution in [3.8, 4) is 0 Å². The molecule has 0 spiro atoms. The maximum Gasteiger partial charge on any atom is 0.356 e. The average molecular weight is 210 g/mol. The first kappa shape index (κ1) is 10.2. The Kier molecular flexibility index (Phi) is 2.73. The Bertz CT molecular complexity index is 367. The Morgan fingerprint density at radius 3 is 2.80 bits per heavy atom. The second-order valence-electron chi connectivity index (χ2n) is 3.76. The molecule has 0 saturated carbocycles. The quantitative estimate of drug-likeness (QED) is 0.797. The summed E-state index contributed by atoms with van der Waals surface area (Å²) in [5, 5.41) is 12.9. The van der Waals surface area contributed by atoms with Crippen LogP contribution in [0.15, 0.2) is 6.07 Å². The van der Waals surface area contributed by atoms with Crippen molar-refractivity contribution in [3.63, 3.8) is 0 Å². The first-order valence-electron chi connectivity index (χ1n) is 5.05. The topological polar surface area (TPSA) is 64.3 Å². The first-order valence-corrected chi connectivity index (χ1v) is 5.05. The molecule has 0 radical (unpaired) electrons. The van der Waals surface area contributed by atoms with E-state index in [-0.39, 0.29) is 11.7 Å². The monoisotopic (exact) mass is 210 g/mol. The number of hydrogen-bond acceptors (Lipinski definition) is 3. The average Bonchev–Trinajstić information content (AvgIpc) is 2.62. The van der Waals surface area contributed by atoms with Crippen LogP contribution in [-0.4, -0.2) is 34.1 Å². The van der Waals surface area contributed by atoms with E-state index in [2.05, 4.69) is 5.10 Å². The largest absolute Gasteiger partial charge is 0.476 e. The van der Waals surface area contributed by atoms with Gasteiger partial charge in [-0.1, -0.05) is 0 Å². The molecule has 1 aromatic heterocycles. The lowest BCUT2D eigenvalue weighted by Crippen LogP contribution is -2.21. The molecular formula is C10H14N2O3. The normalized spacial score (nSPS) is 17.9. The van der Waals surface area contributed by atoms with Crippen molar-refractivity contribution in [1.29, 1.82) is 0 Å². The Balaban J connectivity index is 2.22. The summed E-state index contributed by atoms with van der Waals surface area (Å²) in [6, 6.07) is 1.89. The number of aromatic carboxylic acids is 1. The van der Waals surface area contributed by atoms with Crippen molar-refractivity contribution in [1.82, 2.24) is 9.78 Å². The summed E-state index contributed by atoms with van der Waals surface area (Å²) in [5.74, 6) is -0.969. The number of aryl methyl sites for hydroxylation is 1. The smallest absolute Gasteiger partial charge is 0.356 e. The van der Waals surface area contributed by atoms with Gasteiger partial charge in [0.2, 0.25) is 0 Å². The Hall–Kier alpha value is -1.36. The molecule has 1 N–H and O–H groups in total. The number of rotatable bonds is 2. The molecule has 5 nitrogen and oxygen atoms in total. The molecule has 0 bridgehead atoms. The lowest BCUT2D eigenvalue weighted by Gasteiger charge is -2.23. The third-order valence-corrected chi connectivity index (χ3v) is 2.68. The van der Waals surface area contributed by atoms with Gasteiger partial charge in [-0.2, -0.15) is 5.10 Å². The highest BCUT2D eigenvalue weighted by molar-refractivity contribution is 5.85. The van der Waals surface area contributed by atoms with Gasteiger partial charge in [0.25, 0.3) is 0 Å². The molecule has 1 fully saturated rings. The fourth-order valence-electron chi connectivity index (χ4n) is 1.89. The van der Waals surface area contributed by atoms with E-state index < -0.39 is 5.97 Å². The molecule has 1 aromatic rings. The second-order valence-corrected chi connectivity index (χ2v) is 3.76. The van der Waals surface area contributed by atoms with Crippen molar-refractivity contribution in [3.05, 3.63) is 17.5 Å². The van der Waals surface area contributed by atoms with Crippen LogP contribution in [0.25, 0.3) is 0 Å². The first-order chi connectivity index (χ1) is 7.18. The molecule has 15 heavy (non-hydrogen) atoms. The fraction of sp³-hybridized carbons (Fsp3) is 0.600. The van der Waals surface area contributed by atoms with Crippen molar-refractivity contribution < 1.29 is 14.6 Å². The molecule has 0 amide bonds. The van der Waals surface area contributed by atoms with Crippen LogP contribution in [0.4, 0.5) is 0 Å². The summed E-state index contributed by atoms with van der Waals surface area (Å²) in [4.78, 5) is 10.7. The van der Waals surface area contributed by atoms with E-state index in [1.807, 2.05) is 11.6 Å². The molecule has 0 aliphatic carbocycles. The summed E-state index contributed by atoms with van der Waals surface area (Å²) < 4.78 is 7.07. The van der Waals surface area contributed by atoms with Gasteiger partial charge in [-0.15, -0.1) is 0 Å². The van der Waals surface area contributed by atoms with Gasteiger partial charge in [0.05, 0.1) is 6.04 Å². The van der Waals surface area contributed by atoms with Gasteiger partial charge in [0, 0.05) is 18.9 Å². The van der Waals surface area contributed by atoms with E-state index in [9.17, 15) is 4.79 Å². The summed E-state index contributed by atoms with van der Waals surface area (Å²) in [6.07, 6.45) is 1.81. The van der Waals surface area contributed by atoms with Crippen LogP contribution in [0.1, 0.15) is 35.1 Å². The predicted molar refractivity (Wildman–Crippen MR) is 53.0 cm³/mol. The third kappa shape index (κ3) is 2.02. The highest BCUT2D eigenvalue weighted by atomic mass is 16.5. The predicted octanol–water partition coefficient (Wildman–Crippen LogP) is 1.24. The second kappa shape index (κ2) is 4.02. The number of carboxylic acid groups (broad SMARTS) is 1. The molecule has 1 saturated heterocycles. The maximum absolute atomic E-state index is 10.7. The molecular weight excluding hydrogens is 196 g/mol. The van der Waals surface area contributed by atoms with E-state index in [0.29, 0.717) is 0 Å².